The summed E-state index contributed by atoms with van der Waals surface area (Å²) in [5.74, 6) is 0.692. The van der Waals surface area contributed by atoms with Gasteiger partial charge in [-0.2, -0.15) is 0 Å². The molecule has 5 nitrogen and oxygen atoms in total. The van der Waals surface area contributed by atoms with Crippen LogP contribution >= 0.6 is 0 Å². The van der Waals surface area contributed by atoms with E-state index in [4.69, 9.17) is 4.74 Å². The van der Waals surface area contributed by atoms with Gasteiger partial charge < -0.3 is 25.2 Å². The number of aromatic hydroxyl groups is 1. The van der Waals surface area contributed by atoms with Crippen LogP contribution in [0.15, 0.2) is 72.8 Å². The molecule has 0 saturated heterocycles. The number of rotatable bonds is 10. The van der Waals surface area contributed by atoms with Crippen molar-refractivity contribution in [2.75, 3.05) is 31.6 Å². The van der Waals surface area contributed by atoms with Crippen LogP contribution in [-0.2, 0) is 18.3 Å². The summed E-state index contributed by atoms with van der Waals surface area (Å²) in [7, 11) is 1.60. The molecule has 0 radical (unpaired) electrons. The number of phenolic OH excluding ortho intramolecular Hbond substituents is 1. The topological polar surface area (TPSA) is 65.0 Å². The fourth-order valence-corrected chi connectivity index (χ4v) is 7.20. The van der Waals surface area contributed by atoms with Gasteiger partial charge in [-0.05, 0) is 94.3 Å². The van der Waals surface area contributed by atoms with E-state index in [0.29, 0.717) is 5.75 Å². The lowest BCUT2D eigenvalue weighted by atomic mass is 9.52. The van der Waals surface area contributed by atoms with Crippen LogP contribution in [0.3, 0.4) is 0 Å². The lowest BCUT2D eigenvalue weighted by molar-refractivity contribution is -0.0922. The van der Waals surface area contributed by atoms with Gasteiger partial charge in [-0.25, -0.2) is 0 Å². The van der Waals surface area contributed by atoms with E-state index in [1.807, 2.05) is 12.1 Å². The number of fused-ring (bicyclic) bond motifs is 3. The standard InChI is InChI=1S/C33H42N2O3/c1-3-35(27-12-8-5-9-13-27)28-17-20-33(37)19-16-26-14-15-29(38-2)31(36)30(26)32(33,24-28)21-23-34-22-18-25-10-6-4-7-11-25/h4-15,28,34,36-37H,3,16-24H2,1-2H3/t28?,32-,33?/m1/s1. The van der Waals surface area contributed by atoms with Gasteiger partial charge in [0.15, 0.2) is 11.5 Å². The number of para-hydroxylation sites is 1. The van der Waals surface area contributed by atoms with Crippen molar-refractivity contribution in [3.8, 4) is 11.5 Å². The van der Waals surface area contributed by atoms with Crippen molar-refractivity contribution in [1.29, 1.82) is 0 Å². The second-order valence-electron chi connectivity index (χ2n) is 11.0. The zero-order valence-electron chi connectivity index (χ0n) is 22.8. The Morgan fingerprint density at radius 1 is 0.974 bits per heavy atom. The Morgan fingerprint density at radius 3 is 2.42 bits per heavy atom. The van der Waals surface area contributed by atoms with Gasteiger partial charge in [0, 0.05) is 29.3 Å². The van der Waals surface area contributed by atoms with Gasteiger partial charge in [0.25, 0.3) is 0 Å². The molecular formula is C33H42N2O3. The summed E-state index contributed by atoms with van der Waals surface area (Å²) < 4.78 is 5.57. The van der Waals surface area contributed by atoms with Crippen molar-refractivity contribution < 1.29 is 14.9 Å². The summed E-state index contributed by atoms with van der Waals surface area (Å²) in [5.41, 5.74) is 3.15. The number of aliphatic hydroxyl groups is 1. The Bertz CT molecular complexity index is 1200. The molecule has 0 aromatic heterocycles. The monoisotopic (exact) mass is 514 g/mol. The van der Waals surface area contributed by atoms with Gasteiger partial charge in [0.2, 0.25) is 0 Å². The third kappa shape index (κ3) is 4.90. The lowest BCUT2D eigenvalue weighted by Crippen LogP contribution is -2.62. The molecule has 1 saturated carbocycles. The average Bonchev–Trinajstić information content (AvgIpc) is 2.95. The summed E-state index contributed by atoms with van der Waals surface area (Å²) in [5, 5.41) is 27.5. The van der Waals surface area contributed by atoms with Crippen LogP contribution in [0.2, 0.25) is 0 Å². The molecule has 0 heterocycles. The fraction of sp³-hybridized carbons (Fsp3) is 0.455. The van der Waals surface area contributed by atoms with Crippen LogP contribution in [0.25, 0.3) is 0 Å². The summed E-state index contributed by atoms with van der Waals surface area (Å²) in [4.78, 5) is 2.48. The molecule has 3 aromatic carbocycles. The fourth-order valence-electron chi connectivity index (χ4n) is 7.20. The van der Waals surface area contributed by atoms with Gasteiger partial charge in [-0.1, -0.05) is 54.6 Å². The molecule has 0 spiro atoms. The maximum atomic E-state index is 12.4. The van der Waals surface area contributed by atoms with Crippen LogP contribution in [0.5, 0.6) is 11.5 Å². The van der Waals surface area contributed by atoms with E-state index in [-0.39, 0.29) is 11.8 Å². The SMILES string of the molecule is CCN(c1ccccc1)C1CCC2(O)CCc3ccc(OC)c(O)c3[C@@]2(CCNCCc2ccccc2)C1. The zero-order valence-corrected chi connectivity index (χ0v) is 22.8. The molecule has 202 valence electrons. The van der Waals surface area contributed by atoms with Crippen molar-refractivity contribution in [3.05, 3.63) is 89.5 Å². The zero-order chi connectivity index (χ0) is 26.6. The van der Waals surface area contributed by atoms with Crippen LogP contribution in [0, 0.1) is 0 Å². The summed E-state index contributed by atoms with van der Waals surface area (Å²) in [6.07, 6.45) is 5.67. The van der Waals surface area contributed by atoms with Crippen LogP contribution in [-0.4, -0.2) is 48.6 Å². The van der Waals surface area contributed by atoms with Gasteiger partial charge in [0.1, 0.15) is 0 Å². The first-order chi connectivity index (χ1) is 18.5. The number of aryl methyl sites for hydroxylation is 1. The van der Waals surface area contributed by atoms with Gasteiger partial charge in [0.05, 0.1) is 12.7 Å². The summed E-state index contributed by atoms with van der Waals surface area (Å²) >= 11 is 0. The van der Waals surface area contributed by atoms with Crippen molar-refractivity contribution >= 4 is 5.69 Å². The highest BCUT2D eigenvalue weighted by atomic mass is 16.5. The number of nitrogens with one attached hydrogen (secondary N) is 1. The molecule has 2 aliphatic carbocycles. The van der Waals surface area contributed by atoms with E-state index in [2.05, 4.69) is 77.8 Å². The molecule has 0 amide bonds. The molecule has 5 heteroatoms. The van der Waals surface area contributed by atoms with Gasteiger partial charge in [-0.15, -0.1) is 0 Å². The molecule has 3 N–H and O–H groups in total. The number of ether oxygens (including phenoxy) is 1. The van der Waals surface area contributed by atoms with Crippen LogP contribution in [0.4, 0.5) is 5.69 Å². The van der Waals surface area contributed by atoms with Crippen molar-refractivity contribution in [1.82, 2.24) is 5.32 Å². The first-order valence-electron chi connectivity index (χ1n) is 14.2. The number of hydrogen-bond donors (Lipinski definition) is 3. The Balaban J connectivity index is 1.47. The average molecular weight is 515 g/mol. The Morgan fingerprint density at radius 2 is 1.71 bits per heavy atom. The van der Waals surface area contributed by atoms with Crippen molar-refractivity contribution in [3.63, 3.8) is 0 Å². The van der Waals surface area contributed by atoms with E-state index in [9.17, 15) is 10.2 Å². The third-order valence-corrected chi connectivity index (χ3v) is 9.13. The van der Waals surface area contributed by atoms with Crippen LogP contribution in [0.1, 0.15) is 55.7 Å². The smallest absolute Gasteiger partial charge is 0.161 e. The second kappa shape index (κ2) is 11.4. The first kappa shape index (κ1) is 26.6. The molecule has 5 rings (SSSR count). The van der Waals surface area contributed by atoms with E-state index in [1.54, 1.807) is 7.11 Å². The molecule has 2 aliphatic rings. The minimum Gasteiger partial charge on any atom is -0.504 e. The molecule has 38 heavy (non-hydrogen) atoms. The molecule has 2 unspecified atom stereocenters. The molecule has 1 fully saturated rings. The number of benzene rings is 3. The minimum atomic E-state index is -0.864. The minimum absolute atomic E-state index is 0.204. The van der Waals surface area contributed by atoms with Crippen LogP contribution < -0.4 is 15.0 Å². The Labute approximate surface area is 227 Å². The number of methoxy groups -OCH3 is 1. The normalized spacial score (nSPS) is 24.3. The van der Waals surface area contributed by atoms with Gasteiger partial charge in [-0.3, -0.25) is 0 Å². The molecular weight excluding hydrogens is 472 g/mol. The molecule has 0 aliphatic heterocycles. The van der Waals surface area contributed by atoms with Crippen molar-refractivity contribution in [2.24, 2.45) is 0 Å². The van der Waals surface area contributed by atoms with E-state index in [1.165, 1.54) is 11.3 Å². The number of phenols is 1. The molecule has 3 atom stereocenters. The number of nitrogens with zero attached hydrogens (tertiary/aromatic N) is 1. The number of anilines is 1. The summed E-state index contributed by atoms with van der Waals surface area (Å²) in [6.45, 7) is 4.76. The maximum Gasteiger partial charge on any atom is 0.161 e. The van der Waals surface area contributed by atoms with Crippen molar-refractivity contribution in [2.45, 2.75) is 68.9 Å². The Hall–Kier alpha value is -3.02. The highest BCUT2D eigenvalue weighted by Crippen LogP contribution is 2.59. The van der Waals surface area contributed by atoms with E-state index in [0.717, 1.165) is 75.7 Å². The van der Waals surface area contributed by atoms with E-state index >= 15 is 0 Å². The first-order valence-corrected chi connectivity index (χ1v) is 14.2. The molecule has 0 bridgehead atoms. The third-order valence-electron chi connectivity index (χ3n) is 9.13. The highest BCUT2D eigenvalue weighted by molar-refractivity contribution is 5.57. The maximum absolute atomic E-state index is 12.4. The van der Waals surface area contributed by atoms with Gasteiger partial charge >= 0.3 is 0 Å². The highest BCUT2D eigenvalue weighted by Gasteiger charge is 2.58. The molecule has 3 aromatic rings. The number of hydrogen-bond acceptors (Lipinski definition) is 5. The van der Waals surface area contributed by atoms with E-state index < -0.39 is 11.0 Å². The lowest BCUT2D eigenvalue weighted by Gasteiger charge is -2.58. The predicted molar refractivity (Wildman–Crippen MR) is 154 cm³/mol. The quantitative estimate of drug-likeness (QED) is 0.307. The second-order valence-corrected chi connectivity index (χ2v) is 11.0. The predicted octanol–water partition coefficient (Wildman–Crippen LogP) is 5.62. The summed E-state index contributed by atoms with van der Waals surface area (Å²) in [6, 6.07) is 25.4. The largest absolute Gasteiger partial charge is 0.504 e. The Kier molecular flexibility index (Phi) is 7.96.